The molecule has 0 atom stereocenters. The van der Waals surface area contributed by atoms with Crippen molar-refractivity contribution in [1.29, 1.82) is 0 Å². The second-order valence-electron chi connectivity index (χ2n) is 7.14. The number of allylic oxidation sites excluding steroid dienone is 1. The Morgan fingerprint density at radius 3 is 2.21 bits per heavy atom. The third kappa shape index (κ3) is 2.78. The SMILES string of the molecule is CC(C)(C)N(c1cccc2c1OC=CC2)C(C)(C)C. The Bertz CT molecular complexity index is 475. The number of nitrogens with zero attached hydrogens (tertiary/aromatic N) is 1. The van der Waals surface area contributed by atoms with Gasteiger partial charge in [-0.1, -0.05) is 12.1 Å². The van der Waals surface area contributed by atoms with Crippen molar-refractivity contribution in [2.75, 3.05) is 4.90 Å². The standard InChI is InChI=1S/C17H25NO/c1-16(2,3)18(17(4,5)6)14-11-7-9-13-10-8-12-19-15(13)14/h7-9,11-12H,10H2,1-6H3. The maximum absolute atomic E-state index is 5.80. The van der Waals surface area contributed by atoms with Crippen LogP contribution in [0.2, 0.25) is 0 Å². The van der Waals surface area contributed by atoms with Crippen molar-refractivity contribution in [3.63, 3.8) is 0 Å². The molecule has 0 fully saturated rings. The van der Waals surface area contributed by atoms with Crippen molar-refractivity contribution in [1.82, 2.24) is 0 Å². The zero-order valence-electron chi connectivity index (χ0n) is 12.9. The summed E-state index contributed by atoms with van der Waals surface area (Å²) in [6, 6.07) is 6.43. The maximum atomic E-state index is 5.80. The van der Waals surface area contributed by atoms with E-state index in [1.54, 1.807) is 6.26 Å². The fraction of sp³-hybridized carbons (Fsp3) is 0.529. The van der Waals surface area contributed by atoms with E-state index >= 15 is 0 Å². The Morgan fingerprint density at radius 2 is 1.63 bits per heavy atom. The van der Waals surface area contributed by atoms with Gasteiger partial charge < -0.3 is 9.64 Å². The van der Waals surface area contributed by atoms with Gasteiger partial charge in [-0.05, 0) is 60.1 Å². The number of benzene rings is 1. The van der Waals surface area contributed by atoms with Crippen LogP contribution in [0, 0.1) is 0 Å². The van der Waals surface area contributed by atoms with Gasteiger partial charge in [0.1, 0.15) is 0 Å². The molecule has 0 aliphatic carbocycles. The van der Waals surface area contributed by atoms with Crippen molar-refractivity contribution >= 4 is 5.69 Å². The van der Waals surface area contributed by atoms with Crippen molar-refractivity contribution in [2.24, 2.45) is 0 Å². The predicted octanol–water partition coefficient (Wildman–Crippen LogP) is 4.54. The monoisotopic (exact) mass is 259 g/mol. The van der Waals surface area contributed by atoms with Crippen molar-refractivity contribution < 1.29 is 4.74 Å². The van der Waals surface area contributed by atoms with Crippen molar-refractivity contribution in [3.8, 4) is 5.75 Å². The molecule has 0 N–H and O–H groups in total. The molecule has 0 saturated carbocycles. The summed E-state index contributed by atoms with van der Waals surface area (Å²) in [6.07, 6.45) is 4.81. The van der Waals surface area contributed by atoms with Crippen LogP contribution in [0.4, 0.5) is 5.69 Å². The van der Waals surface area contributed by atoms with Crippen LogP contribution in [0.3, 0.4) is 0 Å². The third-order valence-corrected chi connectivity index (χ3v) is 3.28. The second kappa shape index (κ2) is 4.59. The summed E-state index contributed by atoms with van der Waals surface area (Å²) in [5.41, 5.74) is 2.52. The first-order chi connectivity index (χ1) is 8.71. The minimum Gasteiger partial charge on any atom is -0.463 e. The molecule has 0 unspecified atom stereocenters. The number of hydrogen-bond donors (Lipinski definition) is 0. The summed E-state index contributed by atoms with van der Waals surface area (Å²) in [5.74, 6) is 1.01. The zero-order chi connectivity index (χ0) is 14.3. The fourth-order valence-corrected chi connectivity index (χ4v) is 3.06. The van der Waals surface area contributed by atoms with E-state index in [9.17, 15) is 0 Å². The van der Waals surface area contributed by atoms with E-state index < -0.39 is 0 Å². The molecule has 1 aromatic rings. The summed E-state index contributed by atoms with van der Waals surface area (Å²) in [4.78, 5) is 2.44. The molecule has 104 valence electrons. The first-order valence-electron chi connectivity index (χ1n) is 6.95. The van der Waals surface area contributed by atoms with E-state index in [1.165, 1.54) is 11.3 Å². The van der Waals surface area contributed by atoms with Crippen LogP contribution in [-0.2, 0) is 6.42 Å². The summed E-state index contributed by atoms with van der Waals surface area (Å²) >= 11 is 0. The molecule has 1 heterocycles. The first-order valence-corrected chi connectivity index (χ1v) is 6.95. The van der Waals surface area contributed by atoms with E-state index in [0.717, 1.165) is 12.2 Å². The summed E-state index contributed by atoms with van der Waals surface area (Å²) < 4.78 is 5.80. The summed E-state index contributed by atoms with van der Waals surface area (Å²) in [6.45, 7) is 13.5. The minimum atomic E-state index is 0.0396. The average Bonchev–Trinajstić information content (AvgIpc) is 2.25. The van der Waals surface area contributed by atoms with Gasteiger partial charge in [-0.3, -0.25) is 0 Å². The van der Waals surface area contributed by atoms with Gasteiger partial charge in [0.05, 0.1) is 11.9 Å². The highest BCUT2D eigenvalue weighted by molar-refractivity contribution is 5.65. The molecule has 2 nitrogen and oxygen atoms in total. The average molecular weight is 259 g/mol. The Hall–Kier alpha value is -1.44. The quantitative estimate of drug-likeness (QED) is 0.734. The van der Waals surface area contributed by atoms with Gasteiger partial charge in [-0.25, -0.2) is 0 Å². The summed E-state index contributed by atoms with van der Waals surface area (Å²) in [7, 11) is 0. The van der Waals surface area contributed by atoms with Crippen LogP contribution in [-0.4, -0.2) is 11.1 Å². The number of fused-ring (bicyclic) bond motifs is 1. The molecular formula is C17H25NO. The van der Waals surface area contributed by atoms with Crippen molar-refractivity contribution in [2.45, 2.75) is 59.0 Å². The Morgan fingerprint density at radius 1 is 1.00 bits per heavy atom. The Labute approximate surface area is 117 Å². The lowest BCUT2D eigenvalue weighted by molar-refractivity contribution is 0.371. The molecule has 1 aliphatic heterocycles. The van der Waals surface area contributed by atoms with Crippen LogP contribution in [0.1, 0.15) is 47.1 Å². The highest BCUT2D eigenvalue weighted by atomic mass is 16.5. The second-order valence-corrected chi connectivity index (χ2v) is 7.14. The normalized spacial score (nSPS) is 14.8. The molecule has 0 bridgehead atoms. The molecule has 2 rings (SSSR count). The molecule has 0 amide bonds. The van der Waals surface area contributed by atoms with Crippen LogP contribution < -0.4 is 9.64 Å². The molecule has 0 saturated heterocycles. The number of ether oxygens (including phenoxy) is 1. The third-order valence-electron chi connectivity index (χ3n) is 3.28. The Kier molecular flexibility index (Phi) is 3.38. The highest BCUT2D eigenvalue weighted by Crippen LogP contribution is 2.41. The molecule has 2 heteroatoms. The van der Waals surface area contributed by atoms with E-state index in [1.807, 2.05) is 0 Å². The molecule has 0 spiro atoms. The van der Waals surface area contributed by atoms with Gasteiger partial charge in [0.15, 0.2) is 5.75 Å². The number of anilines is 1. The van der Waals surface area contributed by atoms with Gasteiger partial charge in [0.25, 0.3) is 0 Å². The topological polar surface area (TPSA) is 12.5 Å². The summed E-state index contributed by atoms with van der Waals surface area (Å²) in [5, 5.41) is 0. The van der Waals surface area contributed by atoms with E-state index in [0.29, 0.717) is 0 Å². The lowest BCUT2D eigenvalue weighted by atomic mass is 9.93. The largest absolute Gasteiger partial charge is 0.463 e. The molecule has 0 aromatic heterocycles. The first kappa shape index (κ1) is 14.0. The number of rotatable bonds is 1. The molecule has 1 aliphatic rings. The van der Waals surface area contributed by atoms with Gasteiger partial charge in [0.2, 0.25) is 0 Å². The van der Waals surface area contributed by atoms with Gasteiger partial charge in [0, 0.05) is 16.6 Å². The maximum Gasteiger partial charge on any atom is 0.153 e. The van der Waals surface area contributed by atoms with E-state index in [4.69, 9.17) is 4.74 Å². The van der Waals surface area contributed by atoms with Gasteiger partial charge in [-0.2, -0.15) is 0 Å². The lowest BCUT2D eigenvalue weighted by Gasteiger charge is -2.48. The van der Waals surface area contributed by atoms with Gasteiger partial charge in [-0.15, -0.1) is 0 Å². The van der Waals surface area contributed by atoms with E-state index in [2.05, 4.69) is 70.7 Å². The molecule has 19 heavy (non-hydrogen) atoms. The van der Waals surface area contributed by atoms with E-state index in [-0.39, 0.29) is 11.1 Å². The molecule has 1 aromatic carbocycles. The lowest BCUT2D eigenvalue weighted by Crippen LogP contribution is -2.53. The zero-order valence-corrected chi connectivity index (χ0v) is 12.9. The number of para-hydroxylation sites is 1. The molecule has 0 radical (unpaired) electrons. The van der Waals surface area contributed by atoms with Crippen LogP contribution in [0.25, 0.3) is 0 Å². The Balaban J connectivity index is 2.56. The van der Waals surface area contributed by atoms with Crippen molar-refractivity contribution in [3.05, 3.63) is 36.1 Å². The van der Waals surface area contributed by atoms with Crippen LogP contribution >= 0.6 is 0 Å². The number of hydrogen-bond acceptors (Lipinski definition) is 2. The predicted molar refractivity (Wildman–Crippen MR) is 81.9 cm³/mol. The van der Waals surface area contributed by atoms with Crippen LogP contribution in [0.5, 0.6) is 5.75 Å². The smallest absolute Gasteiger partial charge is 0.153 e. The highest BCUT2D eigenvalue weighted by Gasteiger charge is 2.34. The molecular weight excluding hydrogens is 234 g/mol. The minimum absolute atomic E-state index is 0.0396. The fourth-order valence-electron chi connectivity index (χ4n) is 3.06. The van der Waals surface area contributed by atoms with Crippen LogP contribution in [0.15, 0.2) is 30.5 Å². The van der Waals surface area contributed by atoms with Gasteiger partial charge >= 0.3 is 0 Å².